The maximum absolute atomic E-state index is 6.22. The van der Waals surface area contributed by atoms with Gasteiger partial charge in [-0.1, -0.05) is 103 Å². The Bertz CT molecular complexity index is 3160. The van der Waals surface area contributed by atoms with Gasteiger partial charge in [0.2, 0.25) is 0 Å². The van der Waals surface area contributed by atoms with Crippen LogP contribution in [0.1, 0.15) is 0 Å². The number of rotatable bonds is 4. The molecule has 0 saturated carbocycles. The van der Waals surface area contributed by atoms with Crippen molar-refractivity contribution in [2.75, 3.05) is 0 Å². The lowest BCUT2D eigenvalue weighted by Gasteiger charge is -2.12. The Balaban J connectivity index is 1.13. The number of hydrogen-bond acceptors (Lipinski definition) is 5. The second-order valence-corrected chi connectivity index (χ2v) is 13.1. The molecule has 6 nitrogen and oxygen atoms in total. The first-order valence-electron chi connectivity index (χ1n) is 17.3. The standard InChI is InChI=1S/C46H27N5O/c1-2-11-34-28(8-1)16-17-29-18-19-31(25-39(29)34)45-48-44(49-46(50-45)32-20-21-37-38-22-23-47-27-43(38)52-42(37)26-32)30-9-7-10-33(24-30)51-40-14-5-3-12-35(40)36-13-4-6-15-41(36)51/h1-27H. The van der Waals surface area contributed by atoms with Crippen molar-refractivity contribution in [2.45, 2.75) is 0 Å². The van der Waals surface area contributed by atoms with Crippen molar-refractivity contribution in [3.8, 4) is 39.9 Å². The van der Waals surface area contributed by atoms with Crippen LogP contribution in [0.25, 0.3) is 105 Å². The van der Waals surface area contributed by atoms with E-state index in [2.05, 4.69) is 149 Å². The number of benzene rings is 7. The van der Waals surface area contributed by atoms with Crippen molar-refractivity contribution in [2.24, 2.45) is 0 Å². The zero-order chi connectivity index (χ0) is 34.2. The van der Waals surface area contributed by atoms with E-state index in [-0.39, 0.29) is 0 Å². The minimum Gasteiger partial charge on any atom is -0.454 e. The number of nitrogens with zero attached hydrogens (tertiary/aromatic N) is 5. The number of furan rings is 1. The van der Waals surface area contributed by atoms with Crippen molar-refractivity contribution in [3.63, 3.8) is 0 Å². The van der Waals surface area contributed by atoms with Gasteiger partial charge in [-0.05, 0) is 70.1 Å². The number of hydrogen-bond donors (Lipinski definition) is 0. The van der Waals surface area contributed by atoms with Gasteiger partial charge in [-0.2, -0.15) is 0 Å². The molecule has 0 aliphatic rings. The summed E-state index contributed by atoms with van der Waals surface area (Å²) in [5, 5.41) is 9.20. The summed E-state index contributed by atoms with van der Waals surface area (Å²) in [6.07, 6.45) is 3.54. The first-order valence-corrected chi connectivity index (χ1v) is 17.3. The summed E-state index contributed by atoms with van der Waals surface area (Å²) in [4.78, 5) is 19.7. The van der Waals surface area contributed by atoms with Crippen LogP contribution in [0.3, 0.4) is 0 Å². The van der Waals surface area contributed by atoms with Gasteiger partial charge in [0.1, 0.15) is 5.58 Å². The molecule has 0 bridgehead atoms. The predicted octanol–water partition coefficient (Wildman–Crippen LogP) is 11.6. The van der Waals surface area contributed by atoms with Crippen LogP contribution in [-0.4, -0.2) is 24.5 Å². The molecule has 11 rings (SSSR count). The average molecular weight is 666 g/mol. The quantitative estimate of drug-likeness (QED) is 0.175. The van der Waals surface area contributed by atoms with Crippen LogP contribution in [0.4, 0.5) is 0 Å². The molecule has 0 N–H and O–H groups in total. The van der Waals surface area contributed by atoms with Gasteiger partial charge in [-0.15, -0.1) is 0 Å². The molecule has 0 radical (unpaired) electrons. The van der Waals surface area contributed by atoms with Crippen LogP contribution in [-0.2, 0) is 0 Å². The Morgan fingerprint density at radius 2 is 1.00 bits per heavy atom. The van der Waals surface area contributed by atoms with Crippen LogP contribution in [0, 0.1) is 0 Å². The highest BCUT2D eigenvalue weighted by Gasteiger charge is 2.17. The Morgan fingerprint density at radius 1 is 0.404 bits per heavy atom. The molecule has 4 heterocycles. The molecule has 11 aromatic rings. The van der Waals surface area contributed by atoms with E-state index in [0.29, 0.717) is 17.5 Å². The van der Waals surface area contributed by atoms with Gasteiger partial charge in [0.05, 0.1) is 17.2 Å². The fourth-order valence-corrected chi connectivity index (χ4v) is 7.66. The lowest BCUT2D eigenvalue weighted by Crippen LogP contribution is -2.01. The summed E-state index contributed by atoms with van der Waals surface area (Å²) in [6.45, 7) is 0. The lowest BCUT2D eigenvalue weighted by molar-refractivity contribution is 0.667. The van der Waals surface area contributed by atoms with E-state index < -0.39 is 0 Å². The Labute approximate surface area is 297 Å². The third-order valence-electron chi connectivity index (χ3n) is 10.1. The minimum atomic E-state index is 0.570. The summed E-state index contributed by atoms with van der Waals surface area (Å²) in [5.74, 6) is 1.77. The second-order valence-electron chi connectivity index (χ2n) is 13.1. The van der Waals surface area contributed by atoms with E-state index in [9.17, 15) is 0 Å². The van der Waals surface area contributed by atoms with Gasteiger partial charge in [0.15, 0.2) is 23.1 Å². The van der Waals surface area contributed by atoms with E-state index in [1.807, 2.05) is 12.1 Å². The monoisotopic (exact) mass is 665 g/mol. The van der Waals surface area contributed by atoms with E-state index in [1.54, 1.807) is 12.4 Å². The van der Waals surface area contributed by atoms with E-state index in [1.165, 1.54) is 26.9 Å². The molecular formula is C46H27N5O. The van der Waals surface area contributed by atoms with Gasteiger partial charge in [-0.25, -0.2) is 15.0 Å². The highest BCUT2D eigenvalue weighted by Crippen LogP contribution is 2.36. The van der Waals surface area contributed by atoms with Crippen molar-refractivity contribution in [3.05, 3.63) is 164 Å². The molecule has 0 unspecified atom stereocenters. The van der Waals surface area contributed by atoms with Crippen LogP contribution in [0.5, 0.6) is 0 Å². The predicted molar refractivity (Wildman–Crippen MR) is 211 cm³/mol. The number of fused-ring (bicyclic) bond motifs is 9. The summed E-state index contributed by atoms with van der Waals surface area (Å²) >= 11 is 0. The molecular weight excluding hydrogens is 639 g/mol. The van der Waals surface area contributed by atoms with Gasteiger partial charge in [-0.3, -0.25) is 4.98 Å². The van der Waals surface area contributed by atoms with Crippen LogP contribution < -0.4 is 0 Å². The van der Waals surface area contributed by atoms with Gasteiger partial charge >= 0.3 is 0 Å². The summed E-state index contributed by atoms with van der Waals surface area (Å²) in [5.41, 5.74) is 7.49. The van der Waals surface area contributed by atoms with Crippen molar-refractivity contribution in [1.29, 1.82) is 0 Å². The zero-order valence-electron chi connectivity index (χ0n) is 27.7. The van der Waals surface area contributed by atoms with Gasteiger partial charge in [0, 0.05) is 50.1 Å². The topological polar surface area (TPSA) is 69.6 Å². The molecule has 52 heavy (non-hydrogen) atoms. The highest BCUT2D eigenvalue weighted by atomic mass is 16.3. The second kappa shape index (κ2) is 11.2. The molecule has 6 heteroatoms. The fraction of sp³-hybridized carbons (Fsp3) is 0. The number of aromatic nitrogens is 5. The molecule has 4 aromatic heterocycles. The third kappa shape index (κ3) is 4.44. The minimum absolute atomic E-state index is 0.570. The number of para-hydroxylation sites is 2. The maximum atomic E-state index is 6.22. The summed E-state index contributed by atoms with van der Waals surface area (Å²) in [7, 11) is 0. The molecule has 0 spiro atoms. The van der Waals surface area contributed by atoms with Crippen molar-refractivity contribution >= 4 is 65.3 Å². The lowest BCUT2D eigenvalue weighted by atomic mass is 10.00. The van der Waals surface area contributed by atoms with Crippen LogP contribution in [0.15, 0.2) is 168 Å². The molecule has 0 saturated heterocycles. The molecule has 0 fully saturated rings. The molecule has 242 valence electrons. The van der Waals surface area contributed by atoms with Gasteiger partial charge < -0.3 is 8.98 Å². The van der Waals surface area contributed by atoms with E-state index in [0.717, 1.165) is 60.7 Å². The van der Waals surface area contributed by atoms with E-state index in [4.69, 9.17) is 19.4 Å². The first kappa shape index (κ1) is 28.6. The SMILES string of the molecule is c1cc(-c2nc(-c3ccc4c(c3)oc3cnccc34)nc(-c3ccc4ccc5ccccc5c4c3)n2)cc(-n2c3ccccc3c3ccccc32)c1. The van der Waals surface area contributed by atoms with E-state index >= 15 is 0 Å². The average Bonchev–Trinajstić information content (AvgIpc) is 3.76. The highest BCUT2D eigenvalue weighted by molar-refractivity contribution is 6.10. The molecule has 0 atom stereocenters. The maximum Gasteiger partial charge on any atom is 0.164 e. The third-order valence-corrected chi connectivity index (χ3v) is 10.1. The van der Waals surface area contributed by atoms with Crippen LogP contribution in [0.2, 0.25) is 0 Å². The number of pyridine rings is 1. The fourth-order valence-electron chi connectivity index (χ4n) is 7.66. The zero-order valence-corrected chi connectivity index (χ0v) is 27.7. The van der Waals surface area contributed by atoms with Gasteiger partial charge in [0.25, 0.3) is 0 Å². The normalized spacial score (nSPS) is 11.8. The Hall–Kier alpha value is -7.18. The molecule has 0 amide bonds. The van der Waals surface area contributed by atoms with Crippen molar-refractivity contribution in [1.82, 2.24) is 24.5 Å². The molecule has 0 aliphatic carbocycles. The molecule has 7 aromatic carbocycles. The van der Waals surface area contributed by atoms with Crippen molar-refractivity contribution < 1.29 is 4.42 Å². The first-order chi connectivity index (χ1) is 25.7. The smallest absolute Gasteiger partial charge is 0.164 e. The largest absolute Gasteiger partial charge is 0.454 e. The van der Waals surface area contributed by atoms with Crippen LogP contribution >= 0.6 is 0 Å². The Kier molecular flexibility index (Phi) is 6.15. The summed E-state index contributed by atoms with van der Waals surface area (Å²) in [6, 6.07) is 53.0. The Morgan fingerprint density at radius 3 is 1.77 bits per heavy atom. The summed E-state index contributed by atoms with van der Waals surface area (Å²) < 4.78 is 8.54. The molecule has 0 aliphatic heterocycles.